The largest absolute Gasteiger partial charge is 0.395 e. The number of nitrogens with two attached hydrogens (primary N) is 1. The van der Waals surface area contributed by atoms with Crippen LogP contribution in [0.15, 0.2) is 23.9 Å². The van der Waals surface area contributed by atoms with Crippen LogP contribution in [0.3, 0.4) is 0 Å². The summed E-state index contributed by atoms with van der Waals surface area (Å²) in [6.07, 6.45) is -0.361. The van der Waals surface area contributed by atoms with Crippen molar-refractivity contribution in [2.24, 2.45) is 11.7 Å². The molecular weight excluding hydrogens is 213 g/mol. The molecule has 1 unspecified atom stereocenters. The maximum atomic E-state index is 12.3. The second kappa shape index (κ2) is 4.00. The van der Waals surface area contributed by atoms with Crippen LogP contribution in [0.5, 0.6) is 0 Å². The zero-order valence-corrected chi connectivity index (χ0v) is 7.95. The van der Waals surface area contributed by atoms with Crippen LogP contribution in [0.1, 0.15) is 6.42 Å². The predicted octanol–water partition coefficient (Wildman–Crippen LogP) is 1.84. The van der Waals surface area contributed by atoms with Gasteiger partial charge in [0.15, 0.2) is 5.11 Å². The molecule has 78 valence electrons. The molecule has 3 N–H and O–H groups in total. The van der Waals surface area contributed by atoms with Gasteiger partial charge in [-0.25, -0.2) is 0 Å². The van der Waals surface area contributed by atoms with Gasteiger partial charge in [0.05, 0.1) is 5.92 Å². The third-order valence-electron chi connectivity index (χ3n) is 1.78. The molecule has 1 atom stereocenters. The Morgan fingerprint density at radius 1 is 1.57 bits per heavy atom. The van der Waals surface area contributed by atoms with Crippen LogP contribution in [-0.2, 0) is 0 Å². The number of alkyl halides is 3. The highest BCUT2D eigenvalue weighted by Gasteiger charge is 2.38. The van der Waals surface area contributed by atoms with Gasteiger partial charge in [-0.05, 0) is 18.3 Å². The van der Waals surface area contributed by atoms with Gasteiger partial charge < -0.3 is 11.1 Å². The fraction of sp³-hybridized carbons (Fsp3) is 0.375. The van der Waals surface area contributed by atoms with Crippen LogP contribution >= 0.6 is 12.2 Å². The smallest absolute Gasteiger partial charge is 0.376 e. The Bertz CT molecular complexity index is 293. The number of hydrogen-bond acceptors (Lipinski definition) is 1. The monoisotopic (exact) mass is 222 g/mol. The average molecular weight is 222 g/mol. The summed E-state index contributed by atoms with van der Waals surface area (Å²) in [5.74, 6) is -1.45. The summed E-state index contributed by atoms with van der Waals surface area (Å²) in [5.41, 5.74) is 5.54. The predicted molar refractivity (Wildman–Crippen MR) is 51.3 cm³/mol. The Hall–Kier alpha value is -1.04. The second-order valence-electron chi connectivity index (χ2n) is 2.92. The van der Waals surface area contributed by atoms with E-state index >= 15 is 0 Å². The fourth-order valence-corrected chi connectivity index (χ4v) is 1.29. The van der Waals surface area contributed by atoms with Crippen LogP contribution in [0.25, 0.3) is 0 Å². The molecule has 14 heavy (non-hydrogen) atoms. The van der Waals surface area contributed by atoms with Crippen molar-refractivity contribution < 1.29 is 13.2 Å². The molecule has 0 aromatic heterocycles. The highest BCUT2D eigenvalue weighted by atomic mass is 32.1. The lowest BCUT2D eigenvalue weighted by Gasteiger charge is -2.21. The first-order chi connectivity index (χ1) is 6.39. The van der Waals surface area contributed by atoms with E-state index in [1.54, 1.807) is 0 Å². The van der Waals surface area contributed by atoms with Crippen LogP contribution in [-0.4, -0.2) is 11.3 Å². The molecule has 0 aromatic carbocycles. The van der Waals surface area contributed by atoms with E-state index in [1.807, 2.05) is 0 Å². The number of nitrogens with one attached hydrogen (secondary N) is 1. The normalized spacial score (nSPS) is 21.6. The lowest BCUT2D eigenvalue weighted by molar-refractivity contribution is -0.161. The van der Waals surface area contributed by atoms with Crippen molar-refractivity contribution in [2.75, 3.05) is 0 Å². The first-order valence-corrected chi connectivity index (χ1v) is 4.31. The molecule has 0 bridgehead atoms. The van der Waals surface area contributed by atoms with Crippen molar-refractivity contribution in [2.45, 2.75) is 12.6 Å². The summed E-state index contributed by atoms with van der Waals surface area (Å²) in [5, 5.41) is 2.48. The standard InChI is InChI=1S/C8H9F3N2S/c9-8(10,11)5-2-1-3-6(4-5)13-7(12)14/h1-3,5H,4H2,(H3,12,13,14). The molecular formula is C8H9F3N2S. The minimum atomic E-state index is -4.21. The molecule has 0 amide bonds. The summed E-state index contributed by atoms with van der Waals surface area (Å²) in [7, 11) is 0. The van der Waals surface area contributed by atoms with Gasteiger partial charge in [0.1, 0.15) is 0 Å². The molecule has 2 nitrogen and oxygen atoms in total. The van der Waals surface area contributed by atoms with E-state index in [0.717, 1.165) is 6.08 Å². The van der Waals surface area contributed by atoms with E-state index in [-0.39, 0.29) is 11.5 Å². The minimum Gasteiger partial charge on any atom is -0.376 e. The van der Waals surface area contributed by atoms with E-state index in [2.05, 4.69) is 17.5 Å². The molecule has 1 aliphatic rings. The van der Waals surface area contributed by atoms with Gasteiger partial charge in [-0.2, -0.15) is 13.2 Å². The van der Waals surface area contributed by atoms with Gasteiger partial charge in [-0.15, -0.1) is 0 Å². The molecule has 0 saturated carbocycles. The topological polar surface area (TPSA) is 38.0 Å². The van der Waals surface area contributed by atoms with Gasteiger partial charge in [0.2, 0.25) is 0 Å². The summed E-state index contributed by atoms with van der Waals surface area (Å²) in [6, 6.07) is 0. The van der Waals surface area contributed by atoms with Gasteiger partial charge in [0.25, 0.3) is 0 Å². The average Bonchev–Trinajstić information content (AvgIpc) is 2.01. The molecule has 0 spiro atoms. The quantitative estimate of drug-likeness (QED) is 0.665. The first kappa shape index (κ1) is 11.0. The SMILES string of the molecule is NC(=S)NC1=CC=CC(C(F)(F)F)C1. The van der Waals surface area contributed by atoms with Gasteiger partial charge >= 0.3 is 6.18 Å². The summed E-state index contributed by atoms with van der Waals surface area (Å²) in [6.45, 7) is 0. The number of hydrogen-bond donors (Lipinski definition) is 2. The Morgan fingerprint density at radius 2 is 2.21 bits per heavy atom. The Balaban J connectivity index is 2.64. The van der Waals surface area contributed by atoms with Crippen molar-refractivity contribution in [3.63, 3.8) is 0 Å². The van der Waals surface area contributed by atoms with E-state index in [9.17, 15) is 13.2 Å². The summed E-state index contributed by atoms with van der Waals surface area (Å²) < 4.78 is 36.8. The minimum absolute atomic E-state index is 0.0209. The molecule has 0 fully saturated rings. The number of rotatable bonds is 1. The van der Waals surface area contributed by atoms with Gasteiger partial charge in [-0.3, -0.25) is 0 Å². The molecule has 6 heteroatoms. The Kier molecular flexibility index (Phi) is 3.15. The van der Waals surface area contributed by atoms with Crippen LogP contribution < -0.4 is 11.1 Å². The fourth-order valence-electron chi connectivity index (χ4n) is 1.15. The summed E-state index contributed by atoms with van der Waals surface area (Å²) >= 11 is 4.53. The molecule has 0 saturated heterocycles. The van der Waals surface area contributed by atoms with E-state index in [0.29, 0.717) is 5.70 Å². The third-order valence-corrected chi connectivity index (χ3v) is 1.89. The van der Waals surface area contributed by atoms with Crippen molar-refractivity contribution in [1.82, 2.24) is 5.32 Å². The molecule has 1 rings (SSSR count). The van der Waals surface area contributed by atoms with Crippen molar-refractivity contribution >= 4 is 17.3 Å². The second-order valence-corrected chi connectivity index (χ2v) is 3.36. The van der Waals surface area contributed by atoms with Crippen molar-refractivity contribution in [1.29, 1.82) is 0 Å². The number of thiocarbonyl (C=S) groups is 1. The Morgan fingerprint density at radius 3 is 2.71 bits per heavy atom. The van der Waals surface area contributed by atoms with Crippen LogP contribution in [0, 0.1) is 5.92 Å². The molecule has 0 aliphatic heterocycles. The highest BCUT2D eigenvalue weighted by molar-refractivity contribution is 7.80. The maximum absolute atomic E-state index is 12.3. The zero-order valence-electron chi connectivity index (χ0n) is 7.14. The van der Waals surface area contributed by atoms with Crippen LogP contribution in [0.2, 0.25) is 0 Å². The van der Waals surface area contributed by atoms with Gasteiger partial charge in [-0.1, -0.05) is 12.2 Å². The molecule has 0 aromatic rings. The molecule has 1 aliphatic carbocycles. The van der Waals surface area contributed by atoms with E-state index in [1.165, 1.54) is 12.2 Å². The third kappa shape index (κ3) is 3.02. The lowest BCUT2D eigenvalue weighted by atomic mass is 9.98. The molecule has 0 radical (unpaired) electrons. The Labute approximate surface area is 84.7 Å². The lowest BCUT2D eigenvalue weighted by Crippen LogP contribution is -2.32. The number of halogens is 3. The number of allylic oxidation sites excluding steroid dienone is 4. The van der Waals surface area contributed by atoms with Gasteiger partial charge in [0, 0.05) is 12.1 Å². The van der Waals surface area contributed by atoms with Crippen LogP contribution in [0.4, 0.5) is 13.2 Å². The zero-order chi connectivity index (χ0) is 10.8. The highest BCUT2D eigenvalue weighted by Crippen LogP contribution is 2.33. The first-order valence-electron chi connectivity index (χ1n) is 3.90. The summed E-state index contributed by atoms with van der Waals surface area (Å²) in [4.78, 5) is 0. The van der Waals surface area contributed by atoms with E-state index < -0.39 is 12.1 Å². The van der Waals surface area contributed by atoms with E-state index in [4.69, 9.17) is 5.73 Å². The molecule has 0 heterocycles. The van der Waals surface area contributed by atoms with Crippen molar-refractivity contribution in [3.8, 4) is 0 Å². The maximum Gasteiger partial charge on any atom is 0.395 e. The van der Waals surface area contributed by atoms with Crippen molar-refractivity contribution in [3.05, 3.63) is 23.9 Å².